The first-order valence-corrected chi connectivity index (χ1v) is 9.83. The third kappa shape index (κ3) is 3.21. The summed E-state index contributed by atoms with van der Waals surface area (Å²) in [7, 11) is 0. The molecule has 0 spiro atoms. The van der Waals surface area contributed by atoms with Gasteiger partial charge >= 0.3 is 0 Å². The molecule has 2 aromatic heterocycles. The molecule has 2 atom stereocenters. The second-order valence-corrected chi connectivity index (χ2v) is 7.90. The molecule has 2 fully saturated rings. The van der Waals surface area contributed by atoms with Gasteiger partial charge in [0.05, 0.1) is 24.3 Å². The lowest BCUT2D eigenvalue weighted by molar-refractivity contribution is -0.128. The third-order valence-corrected chi connectivity index (χ3v) is 6.18. The summed E-state index contributed by atoms with van der Waals surface area (Å²) in [6.45, 7) is 4.06. The first-order valence-electron chi connectivity index (χ1n) is 8.01. The van der Waals surface area contributed by atoms with Gasteiger partial charge in [0.15, 0.2) is 0 Å². The lowest BCUT2D eigenvalue weighted by Gasteiger charge is -2.36. The van der Waals surface area contributed by atoms with Crippen LogP contribution in [-0.2, 0) is 16.1 Å². The Balaban J connectivity index is 1.46. The molecular formula is C17H20N2O2S2. The van der Waals surface area contributed by atoms with Crippen LogP contribution in [0.5, 0.6) is 0 Å². The van der Waals surface area contributed by atoms with Crippen molar-refractivity contribution in [2.24, 2.45) is 5.92 Å². The van der Waals surface area contributed by atoms with Crippen LogP contribution >= 0.6 is 22.7 Å². The smallest absolute Gasteiger partial charge is 0.232 e. The molecule has 2 saturated heterocycles. The Morgan fingerprint density at radius 2 is 2.22 bits per heavy atom. The van der Waals surface area contributed by atoms with Gasteiger partial charge < -0.3 is 9.64 Å². The molecule has 0 aromatic carbocycles. The van der Waals surface area contributed by atoms with Gasteiger partial charge in [0.1, 0.15) is 0 Å². The van der Waals surface area contributed by atoms with Gasteiger partial charge in [0.25, 0.3) is 0 Å². The molecule has 0 bridgehead atoms. The zero-order valence-electron chi connectivity index (χ0n) is 12.9. The van der Waals surface area contributed by atoms with Crippen LogP contribution in [0.4, 0.5) is 5.69 Å². The van der Waals surface area contributed by atoms with E-state index in [1.54, 1.807) is 22.7 Å². The minimum atomic E-state index is -0.00279. The average molecular weight is 348 g/mol. The van der Waals surface area contributed by atoms with Crippen molar-refractivity contribution in [3.05, 3.63) is 39.2 Å². The van der Waals surface area contributed by atoms with Crippen molar-refractivity contribution in [1.29, 1.82) is 0 Å². The van der Waals surface area contributed by atoms with E-state index in [-0.39, 0.29) is 17.9 Å². The number of carbonyl (C=O) groups excluding carboxylic acids is 1. The highest BCUT2D eigenvalue weighted by Crippen LogP contribution is 2.29. The Kier molecular flexibility index (Phi) is 4.48. The Morgan fingerprint density at radius 3 is 3.00 bits per heavy atom. The normalized spacial score (nSPS) is 26.1. The number of rotatable bonds is 3. The third-order valence-electron chi connectivity index (χ3n) is 4.65. The first kappa shape index (κ1) is 15.3. The molecule has 0 radical (unpaired) electrons. The van der Waals surface area contributed by atoms with Crippen molar-refractivity contribution < 1.29 is 9.53 Å². The van der Waals surface area contributed by atoms with Crippen LogP contribution in [0.15, 0.2) is 34.3 Å². The molecule has 4 rings (SSSR count). The van der Waals surface area contributed by atoms with Crippen molar-refractivity contribution in [1.82, 2.24) is 4.90 Å². The van der Waals surface area contributed by atoms with E-state index < -0.39 is 0 Å². The monoisotopic (exact) mass is 348 g/mol. The van der Waals surface area contributed by atoms with Gasteiger partial charge in [-0.3, -0.25) is 9.69 Å². The number of ether oxygens (including phenoxy) is 1. The van der Waals surface area contributed by atoms with E-state index in [1.165, 1.54) is 4.88 Å². The van der Waals surface area contributed by atoms with Crippen molar-refractivity contribution >= 4 is 34.3 Å². The zero-order chi connectivity index (χ0) is 15.6. The molecule has 0 N–H and O–H groups in total. The Bertz CT molecular complexity index is 642. The fourth-order valence-corrected chi connectivity index (χ4v) is 4.86. The zero-order valence-corrected chi connectivity index (χ0v) is 14.5. The maximum atomic E-state index is 12.9. The Labute approximate surface area is 144 Å². The number of fused-ring (bicyclic) bond motifs is 1. The average Bonchev–Trinajstić information content (AvgIpc) is 3.22. The van der Waals surface area contributed by atoms with Crippen molar-refractivity contribution in [3.8, 4) is 0 Å². The van der Waals surface area contributed by atoms with Crippen LogP contribution in [0.2, 0.25) is 0 Å². The molecule has 4 heterocycles. The number of hydrogen-bond acceptors (Lipinski definition) is 5. The van der Waals surface area contributed by atoms with Crippen LogP contribution in [0.25, 0.3) is 0 Å². The molecule has 122 valence electrons. The topological polar surface area (TPSA) is 32.8 Å². The van der Waals surface area contributed by atoms with Gasteiger partial charge in [-0.15, -0.1) is 11.3 Å². The first-order chi connectivity index (χ1) is 11.3. The maximum Gasteiger partial charge on any atom is 0.232 e. The predicted octanol–water partition coefficient (Wildman–Crippen LogP) is 3.06. The van der Waals surface area contributed by atoms with E-state index in [4.69, 9.17) is 4.74 Å². The van der Waals surface area contributed by atoms with E-state index >= 15 is 0 Å². The quantitative estimate of drug-likeness (QED) is 0.855. The van der Waals surface area contributed by atoms with Gasteiger partial charge in [-0.05, 0) is 35.9 Å². The Morgan fingerprint density at radius 1 is 1.26 bits per heavy atom. The Hall–Kier alpha value is -1.21. The van der Waals surface area contributed by atoms with Gasteiger partial charge in [-0.2, -0.15) is 11.3 Å². The van der Waals surface area contributed by atoms with Gasteiger partial charge in [-0.25, -0.2) is 0 Å². The molecule has 0 saturated carbocycles. The van der Waals surface area contributed by atoms with Crippen LogP contribution in [0, 0.1) is 5.92 Å². The van der Waals surface area contributed by atoms with Crippen molar-refractivity contribution in [3.63, 3.8) is 0 Å². The summed E-state index contributed by atoms with van der Waals surface area (Å²) >= 11 is 3.42. The largest absolute Gasteiger partial charge is 0.374 e. The number of nitrogens with zero attached hydrogens (tertiary/aromatic N) is 2. The minimum Gasteiger partial charge on any atom is -0.374 e. The molecule has 2 aliphatic heterocycles. The summed E-state index contributed by atoms with van der Waals surface area (Å²) in [5, 5.41) is 6.19. The molecule has 1 amide bonds. The van der Waals surface area contributed by atoms with Crippen molar-refractivity contribution in [2.45, 2.75) is 19.1 Å². The van der Waals surface area contributed by atoms with Crippen LogP contribution in [0.3, 0.4) is 0 Å². The number of likely N-dealkylation sites (tertiary alicyclic amines) is 1. The standard InChI is InChI=1S/C17H20N2O2S2/c20-17-15-3-5-18(10-14-2-1-8-23-14)11-16(15)21-7-6-19(17)13-4-9-22-12-13/h1-2,4,8-9,12,15-16H,3,5-7,10-11H2/t15-,16+/m1/s1. The van der Waals surface area contributed by atoms with Crippen molar-refractivity contribution in [2.75, 3.05) is 31.1 Å². The minimum absolute atomic E-state index is 0.00279. The summed E-state index contributed by atoms with van der Waals surface area (Å²) < 4.78 is 6.06. The van der Waals surface area contributed by atoms with Crippen LogP contribution in [-0.4, -0.2) is 43.2 Å². The predicted molar refractivity (Wildman–Crippen MR) is 94.1 cm³/mol. The highest BCUT2D eigenvalue weighted by Gasteiger charge is 2.39. The SMILES string of the molecule is O=C1[C@@H]2CCN(Cc3cccs3)C[C@@H]2OCCN1c1ccsc1. The number of carbonyl (C=O) groups is 1. The van der Waals surface area contributed by atoms with Gasteiger partial charge in [0, 0.05) is 29.9 Å². The second-order valence-electron chi connectivity index (χ2n) is 6.09. The number of hydrogen-bond donors (Lipinski definition) is 0. The molecule has 2 aromatic rings. The fourth-order valence-electron chi connectivity index (χ4n) is 3.47. The van der Waals surface area contributed by atoms with Gasteiger partial charge in [-0.1, -0.05) is 6.07 Å². The maximum absolute atomic E-state index is 12.9. The lowest BCUT2D eigenvalue weighted by atomic mass is 9.92. The molecule has 23 heavy (non-hydrogen) atoms. The van der Waals surface area contributed by atoms with Gasteiger partial charge in [0.2, 0.25) is 5.91 Å². The molecule has 6 heteroatoms. The van der Waals surface area contributed by atoms with E-state index in [0.717, 1.165) is 31.7 Å². The molecule has 0 unspecified atom stereocenters. The number of amides is 1. The van der Waals surface area contributed by atoms with E-state index in [1.807, 2.05) is 21.7 Å². The van der Waals surface area contributed by atoms with E-state index in [2.05, 4.69) is 22.4 Å². The summed E-state index contributed by atoms with van der Waals surface area (Å²) in [4.78, 5) is 18.6. The molecule has 2 aliphatic rings. The highest BCUT2D eigenvalue weighted by molar-refractivity contribution is 7.09. The lowest BCUT2D eigenvalue weighted by Crippen LogP contribution is -2.49. The van der Waals surface area contributed by atoms with Crippen LogP contribution in [0.1, 0.15) is 11.3 Å². The summed E-state index contributed by atoms with van der Waals surface area (Å²) in [5.41, 5.74) is 1.02. The number of piperidine rings is 1. The molecule has 0 aliphatic carbocycles. The number of thiophene rings is 2. The summed E-state index contributed by atoms with van der Waals surface area (Å²) in [6, 6.07) is 6.29. The fraction of sp³-hybridized carbons (Fsp3) is 0.471. The van der Waals surface area contributed by atoms with Crippen LogP contribution < -0.4 is 4.90 Å². The second kappa shape index (κ2) is 6.73. The highest BCUT2D eigenvalue weighted by atomic mass is 32.1. The summed E-state index contributed by atoms with van der Waals surface area (Å²) in [5.74, 6) is 0.235. The molecular weight excluding hydrogens is 328 g/mol. The number of anilines is 1. The van der Waals surface area contributed by atoms with E-state index in [0.29, 0.717) is 13.2 Å². The summed E-state index contributed by atoms with van der Waals surface area (Å²) in [6.07, 6.45) is 0.912. The molecule has 4 nitrogen and oxygen atoms in total. The van der Waals surface area contributed by atoms with E-state index in [9.17, 15) is 4.79 Å².